The number of pyridine rings is 1. The van der Waals surface area contributed by atoms with Gasteiger partial charge in [-0.05, 0) is 90.4 Å². The molecule has 6 rings (SSSR count). The molecule has 208 valence electrons. The molecule has 0 unspecified atom stereocenters. The van der Waals surface area contributed by atoms with Crippen LogP contribution in [0.5, 0.6) is 0 Å². The molecule has 1 heteroatoms. The summed E-state index contributed by atoms with van der Waals surface area (Å²) in [5, 5.41) is 2.40. The fourth-order valence-electron chi connectivity index (χ4n) is 6.17. The van der Waals surface area contributed by atoms with Crippen molar-refractivity contribution < 1.29 is 0 Å². The number of rotatable bonds is 10. The van der Waals surface area contributed by atoms with Gasteiger partial charge in [-0.3, -0.25) is 0 Å². The van der Waals surface area contributed by atoms with E-state index in [-0.39, 0.29) is 0 Å². The van der Waals surface area contributed by atoms with Crippen LogP contribution in [-0.4, -0.2) is 4.98 Å². The van der Waals surface area contributed by atoms with Crippen LogP contribution in [0, 0.1) is 13.8 Å². The predicted molar refractivity (Wildman–Crippen MR) is 180 cm³/mol. The third-order valence-corrected chi connectivity index (χ3v) is 8.40. The van der Waals surface area contributed by atoms with Crippen LogP contribution < -0.4 is 0 Å². The van der Waals surface area contributed by atoms with Crippen molar-refractivity contribution in [2.75, 3.05) is 0 Å². The van der Waals surface area contributed by atoms with E-state index in [1.54, 1.807) is 0 Å². The first-order chi connectivity index (χ1) is 20.7. The number of hydrogen-bond donors (Lipinski definition) is 0. The van der Waals surface area contributed by atoms with Crippen molar-refractivity contribution in [3.63, 3.8) is 0 Å². The minimum Gasteiger partial charge on any atom is -0.247 e. The minimum atomic E-state index is 1.04. The summed E-state index contributed by atoms with van der Waals surface area (Å²) in [7, 11) is 0. The molecule has 0 saturated heterocycles. The molecule has 0 fully saturated rings. The van der Waals surface area contributed by atoms with Crippen molar-refractivity contribution in [3.05, 3.63) is 150 Å². The Morgan fingerprint density at radius 1 is 0.476 bits per heavy atom. The fourth-order valence-corrected chi connectivity index (χ4v) is 6.17. The van der Waals surface area contributed by atoms with Crippen molar-refractivity contribution >= 4 is 10.8 Å². The standard InChI is InChI=1S/C41H39N/c1-30-15-12-16-31(2)40(30)39-29-36-22-10-11-26-38(36)41(42-39)37-25-14-24-35(28-37)34-23-13-21-33(27-34)20-7-4-3-6-17-32-18-8-5-9-19-32/h5,8-16,18-19,21-29H,3-4,6-7,17,20H2,1-2H3. The van der Waals surface area contributed by atoms with Gasteiger partial charge in [0.2, 0.25) is 0 Å². The first kappa shape index (κ1) is 27.7. The van der Waals surface area contributed by atoms with Crippen molar-refractivity contribution in [3.8, 4) is 33.6 Å². The zero-order valence-corrected chi connectivity index (χ0v) is 24.8. The maximum Gasteiger partial charge on any atom is 0.0788 e. The van der Waals surface area contributed by atoms with Gasteiger partial charge in [-0.15, -0.1) is 0 Å². The van der Waals surface area contributed by atoms with Gasteiger partial charge in [0.1, 0.15) is 0 Å². The maximum atomic E-state index is 5.30. The van der Waals surface area contributed by atoms with Gasteiger partial charge in [-0.2, -0.15) is 0 Å². The fraction of sp³-hybridized carbons (Fsp3) is 0.195. The van der Waals surface area contributed by atoms with Gasteiger partial charge in [-0.25, -0.2) is 4.98 Å². The van der Waals surface area contributed by atoms with Gasteiger partial charge in [-0.1, -0.05) is 128 Å². The molecule has 0 amide bonds. The number of unbranched alkanes of at least 4 members (excludes halogenated alkanes) is 3. The number of nitrogens with zero attached hydrogens (tertiary/aromatic N) is 1. The lowest BCUT2D eigenvalue weighted by molar-refractivity contribution is 0.640. The number of fused-ring (bicyclic) bond motifs is 1. The molecule has 1 heterocycles. The van der Waals surface area contributed by atoms with Gasteiger partial charge in [0.15, 0.2) is 0 Å². The van der Waals surface area contributed by atoms with Crippen molar-refractivity contribution in [1.82, 2.24) is 4.98 Å². The zero-order valence-electron chi connectivity index (χ0n) is 24.8. The SMILES string of the molecule is Cc1cccc(C)c1-c1cc2ccccc2c(-c2cccc(-c3cccc(CCCCCCc4ccccc4)c3)c2)n1. The van der Waals surface area contributed by atoms with Crippen LogP contribution in [0.1, 0.15) is 47.9 Å². The van der Waals surface area contributed by atoms with Gasteiger partial charge in [0, 0.05) is 16.5 Å². The summed E-state index contributed by atoms with van der Waals surface area (Å²) in [6.45, 7) is 4.36. The maximum absolute atomic E-state index is 5.30. The van der Waals surface area contributed by atoms with Crippen molar-refractivity contribution in [1.29, 1.82) is 0 Å². The molecule has 0 aliphatic rings. The topological polar surface area (TPSA) is 12.9 Å². The van der Waals surface area contributed by atoms with E-state index < -0.39 is 0 Å². The molecule has 0 radical (unpaired) electrons. The summed E-state index contributed by atoms with van der Waals surface area (Å²) >= 11 is 0. The van der Waals surface area contributed by atoms with Crippen LogP contribution in [0.2, 0.25) is 0 Å². The van der Waals surface area contributed by atoms with E-state index in [0.717, 1.165) is 23.4 Å². The molecular formula is C41H39N. The lowest BCUT2D eigenvalue weighted by atomic mass is 9.94. The van der Waals surface area contributed by atoms with E-state index in [1.165, 1.54) is 81.8 Å². The molecule has 0 saturated carbocycles. The second-order valence-corrected chi connectivity index (χ2v) is 11.5. The van der Waals surface area contributed by atoms with Crippen LogP contribution in [0.4, 0.5) is 0 Å². The summed E-state index contributed by atoms with van der Waals surface area (Å²) in [6, 6.07) is 46.2. The van der Waals surface area contributed by atoms with Crippen LogP contribution in [-0.2, 0) is 12.8 Å². The summed E-state index contributed by atoms with van der Waals surface area (Å²) in [4.78, 5) is 5.30. The highest BCUT2D eigenvalue weighted by Crippen LogP contribution is 2.35. The van der Waals surface area contributed by atoms with Gasteiger partial charge >= 0.3 is 0 Å². The van der Waals surface area contributed by atoms with E-state index in [2.05, 4.69) is 141 Å². The molecule has 1 aromatic heterocycles. The number of benzene rings is 5. The third-order valence-electron chi connectivity index (χ3n) is 8.40. The minimum absolute atomic E-state index is 1.04. The highest BCUT2D eigenvalue weighted by Gasteiger charge is 2.13. The molecular weight excluding hydrogens is 506 g/mol. The number of aryl methyl sites for hydroxylation is 4. The lowest BCUT2D eigenvalue weighted by Crippen LogP contribution is -1.95. The summed E-state index contributed by atoms with van der Waals surface area (Å²) in [5.74, 6) is 0. The van der Waals surface area contributed by atoms with E-state index in [4.69, 9.17) is 4.98 Å². The van der Waals surface area contributed by atoms with Crippen molar-refractivity contribution in [2.45, 2.75) is 52.4 Å². The van der Waals surface area contributed by atoms with Gasteiger partial charge < -0.3 is 0 Å². The summed E-state index contributed by atoms with van der Waals surface area (Å²) in [5.41, 5.74) is 12.4. The highest BCUT2D eigenvalue weighted by molar-refractivity contribution is 5.97. The monoisotopic (exact) mass is 545 g/mol. The Morgan fingerprint density at radius 2 is 1.07 bits per heavy atom. The molecule has 0 atom stereocenters. The van der Waals surface area contributed by atoms with E-state index >= 15 is 0 Å². The first-order valence-corrected chi connectivity index (χ1v) is 15.4. The van der Waals surface area contributed by atoms with Gasteiger partial charge in [0.05, 0.1) is 11.4 Å². The lowest BCUT2D eigenvalue weighted by Gasteiger charge is -2.14. The molecule has 0 N–H and O–H groups in total. The average Bonchev–Trinajstić information content (AvgIpc) is 3.03. The average molecular weight is 546 g/mol. The molecule has 0 aliphatic carbocycles. The Bertz CT molecular complexity index is 1780. The van der Waals surface area contributed by atoms with Gasteiger partial charge in [0.25, 0.3) is 0 Å². The van der Waals surface area contributed by atoms with Crippen molar-refractivity contribution in [2.24, 2.45) is 0 Å². The number of aromatic nitrogens is 1. The van der Waals surface area contributed by atoms with Crippen LogP contribution >= 0.6 is 0 Å². The van der Waals surface area contributed by atoms with Crippen LogP contribution in [0.3, 0.4) is 0 Å². The first-order valence-electron chi connectivity index (χ1n) is 15.4. The Morgan fingerprint density at radius 3 is 1.86 bits per heavy atom. The molecule has 42 heavy (non-hydrogen) atoms. The molecule has 0 bridgehead atoms. The van der Waals surface area contributed by atoms with E-state index in [0.29, 0.717) is 0 Å². The number of hydrogen-bond acceptors (Lipinski definition) is 1. The van der Waals surface area contributed by atoms with E-state index in [1.807, 2.05) is 0 Å². The second-order valence-electron chi connectivity index (χ2n) is 11.5. The van der Waals surface area contributed by atoms with E-state index in [9.17, 15) is 0 Å². The Labute approximate surface area is 250 Å². The normalized spacial score (nSPS) is 11.2. The molecule has 6 aromatic rings. The Balaban J connectivity index is 1.22. The highest BCUT2D eigenvalue weighted by atomic mass is 14.7. The molecule has 0 spiro atoms. The summed E-state index contributed by atoms with van der Waals surface area (Å²) in [6.07, 6.45) is 7.39. The zero-order chi connectivity index (χ0) is 28.7. The van der Waals surface area contributed by atoms with Crippen LogP contribution in [0.25, 0.3) is 44.4 Å². The molecule has 5 aromatic carbocycles. The molecule has 0 aliphatic heterocycles. The third kappa shape index (κ3) is 6.37. The largest absolute Gasteiger partial charge is 0.247 e. The quantitative estimate of drug-likeness (QED) is 0.156. The predicted octanol–water partition coefficient (Wildman–Crippen LogP) is 11.2. The molecule has 1 nitrogen and oxygen atoms in total. The Kier molecular flexibility index (Phi) is 8.56. The second kappa shape index (κ2) is 13.0. The Hall–Kier alpha value is -4.49. The summed E-state index contributed by atoms with van der Waals surface area (Å²) < 4.78 is 0. The smallest absolute Gasteiger partial charge is 0.0788 e. The van der Waals surface area contributed by atoms with Crippen LogP contribution in [0.15, 0.2) is 127 Å².